The van der Waals surface area contributed by atoms with E-state index in [1.807, 2.05) is 48.5 Å². The van der Waals surface area contributed by atoms with Crippen LogP contribution in [-0.4, -0.2) is 24.6 Å². The third kappa shape index (κ3) is 6.31. The van der Waals surface area contributed by atoms with Gasteiger partial charge in [-0.05, 0) is 60.1 Å². The van der Waals surface area contributed by atoms with Gasteiger partial charge in [0.1, 0.15) is 5.75 Å². The molecule has 1 aliphatic heterocycles. The monoisotopic (exact) mass is 529 g/mol. The Bertz CT molecular complexity index is 1300. The van der Waals surface area contributed by atoms with Crippen LogP contribution >= 0.6 is 11.8 Å². The maximum Gasteiger partial charge on any atom is 0.234 e. The summed E-state index contributed by atoms with van der Waals surface area (Å²) in [6, 6.07) is 17.8. The molecule has 1 heterocycles. The molecule has 0 saturated heterocycles. The molecule has 7 heteroatoms. The lowest BCUT2D eigenvalue weighted by atomic mass is 9.69. The number of carbonyl (C=O) groups excluding carboxylic acids is 2. The van der Waals surface area contributed by atoms with E-state index in [1.165, 1.54) is 17.3 Å². The Kier molecular flexibility index (Phi) is 8.63. The number of nitrogens with one attached hydrogen (secondary N) is 2. The largest absolute Gasteiger partial charge is 0.497 e. The number of benzene rings is 2. The Morgan fingerprint density at radius 3 is 2.50 bits per heavy atom. The number of ketones is 1. The Balaban J connectivity index is 1.56. The number of nitriles is 1. The highest BCUT2D eigenvalue weighted by Crippen LogP contribution is 2.48. The summed E-state index contributed by atoms with van der Waals surface area (Å²) in [6.45, 7) is 6.33. The SMILES string of the molecule is CCCCc1ccc(NC(=O)CSC2=C(C#N)[C@H](c3ccc(OC)cc3)C3=C(CC(C)(C)CC3=O)N2)cc1. The lowest BCUT2D eigenvalue weighted by molar-refractivity contribution is -0.118. The second-order valence-electron chi connectivity index (χ2n) is 10.7. The fraction of sp³-hybridized carbons (Fsp3) is 0.387. The summed E-state index contributed by atoms with van der Waals surface area (Å²) in [6.07, 6.45) is 4.45. The molecule has 38 heavy (non-hydrogen) atoms. The number of methoxy groups -OCH3 is 1. The number of ether oxygens (including phenoxy) is 1. The molecule has 0 fully saturated rings. The normalized spacial score (nSPS) is 18.4. The van der Waals surface area contributed by atoms with E-state index in [1.54, 1.807) is 7.11 Å². The Hall–Kier alpha value is -3.50. The van der Waals surface area contributed by atoms with Crippen LogP contribution in [0, 0.1) is 16.7 Å². The van der Waals surface area contributed by atoms with Gasteiger partial charge in [-0.25, -0.2) is 0 Å². The van der Waals surface area contributed by atoms with E-state index in [-0.39, 0.29) is 22.9 Å². The van der Waals surface area contributed by atoms with Crippen molar-refractivity contribution in [3.63, 3.8) is 0 Å². The van der Waals surface area contributed by atoms with Gasteiger partial charge in [0.15, 0.2) is 5.78 Å². The van der Waals surface area contributed by atoms with Gasteiger partial charge in [0.05, 0.1) is 35.5 Å². The van der Waals surface area contributed by atoms with E-state index in [9.17, 15) is 14.9 Å². The predicted octanol–water partition coefficient (Wildman–Crippen LogP) is 6.47. The molecule has 198 valence electrons. The fourth-order valence-corrected chi connectivity index (χ4v) is 5.95. The van der Waals surface area contributed by atoms with Crippen molar-refractivity contribution >= 4 is 29.1 Å². The summed E-state index contributed by atoms with van der Waals surface area (Å²) in [7, 11) is 1.61. The number of unbranched alkanes of at least 4 members (excludes halogenated alkanes) is 1. The summed E-state index contributed by atoms with van der Waals surface area (Å²) in [5.74, 6) is 0.276. The van der Waals surface area contributed by atoms with Gasteiger partial charge in [-0.3, -0.25) is 9.59 Å². The molecule has 0 spiro atoms. The number of thioether (sulfide) groups is 1. The Morgan fingerprint density at radius 2 is 1.87 bits per heavy atom. The molecule has 2 aromatic carbocycles. The van der Waals surface area contributed by atoms with Crippen LogP contribution < -0.4 is 15.4 Å². The summed E-state index contributed by atoms with van der Waals surface area (Å²) in [4.78, 5) is 26.2. The predicted molar refractivity (Wildman–Crippen MR) is 153 cm³/mol. The van der Waals surface area contributed by atoms with E-state index in [0.29, 0.717) is 34.8 Å². The van der Waals surface area contributed by atoms with Crippen molar-refractivity contribution in [3.05, 3.63) is 81.5 Å². The number of allylic oxidation sites excluding steroid dienone is 3. The summed E-state index contributed by atoms with van der Waals surface area (Å²) in [5, 5.41) is 17.2. The molecular formula is C31H35N3O3S. The Labute approximate surface area is 229 Å². The number of anilines is 1. The van der Waals surface area contributed by atoms with Crippen LogP contribution in [-0.2, 0) is 16.0 Å². The number of dihydropyridines is 1. The number of rotatable bonds is 9. The quantitative estimate of drug-likeness (QED) is 0.387. The van der Waals surface area contributed by atoms with E-state index in [0.717, 1.165) is 36.2 Å². The van der Waals surface area contributed by atoms with Gasteiger partial charge in [0.25, 0.3) is 0 Å². The molecule has 2 N–H and O–H groups in total. The number of hydrogen-bond donors (Lipinski definition) is 2. The third-order valence-corrected chi connectivity index (χ3v) is 8.00. The second-order valence-corrected chi connectivity index (χ2v) is 11.6. The molecule has 0 aromatic heterocycles. The van der Waals surface area contributed by atoms with Crippen LogP contribution in [0.25, 0.3) is 0 Å². The van der Waals surface area contributed by atoms with Crippen LogP contribution in [0.4, 0.5) is 5.69 Å². The number of Topliss-reactive ketones (excluding diaryl/α,β-unsaturated/α-hetero) is 1. The highest BCUT2D eigenvalue weighted by atomic mass is 32.2. The summed E-state index contributed by atoms with van der Waals surface area (Å²) < 4.78 is 5.31. The molecule has 0 unspecified atom stereocenters. The molecule has 0 saturated carbocycles. The average molecular weight is 530 g/mol. The molecule has 4 rings (SSSR count). The van der Waals surface area contributed by atoms with Crippen molar-refractivity contribution in [2.24, 2.45) is 5.41 Å². The van der Waals surface area contributed by atoms with Crippen molar-refractivity contribution < 1.29 is 14.3 Å². The Morgan fingerprint density at radius 1 is 1.16 bits per heavy atom. The van der Waals surface area contributed by atoms with Gasteiger partial charge in [0.2, 0.25) is 5.91 Å². The maximum atomic E-state index is 13.3. The molecule has 1 atom stereocenters. The minimum absolute atomic E-state index is 0.0569. The number of carbonyl (C=O) groups is 2. The maximum absolute atomic E-state index is 13.3. The van der Waals surface area contributed by atoms with E-state index in [4.69, 9.17) is 4.74 Å². The molecule has 1 aliphatic carbocycles. The highest BCUT2D eigenvalue weighted by molar-refractivity contribution is 8.03. The number of nitrogens with zero attached hydrogens (tertiary/aromatic N) is 1. The van der Waals surface area contributed by atoms with Gasteiger partial charge in [0, 0.05) is 23.4 Å². The standard InChI is InChI=1S/C31H35N3O3S/c1-5-6-7-20-8-12-22(13-9-20)33-27(36)19-38-30-24(18-32)28(21-10-14-23(37-4)15-11-21)29-25(34-30)16-31(2,3)17-26(29)35/h8-15,28,34H,5-7,16-17,19H2,1-4H3,(H,33,36)/t28-/m0/s1. The minimum Gasteiger partial charge on any atom is -0.497 e. The first-order valence-electron chi connectivity index (χ1n) is 13.1. The molecule has 2 aromatic rings. The van der Waals surface area contributed by atoms with Crippen molar-refractivity contribution in [2.75, 3.05) is 18.2 Å². The second kappa shape index (κ2) is 11.9. The molecular weight excluding hydrogens is 494 g/mol. The van der Waals surface area contributed by atoms with Crippen molar-refractivity contribution in [1.29, 1.82) is 5.26 Å². The molecule has 6 nitrogen and oxygen atoms in total. The fourth-order valence-electron chi connectivity index (χ4n) is 5.09. The minimum atomic E-state index is -0.480. The molecule has 0 bridgehead atoms. The zero-order valence-electron chi connectivity index (χ0n) is 22.5. The molecule has 0 radical (unpaired) electrons. The van der Waals surface area contributed by atoms with Crippen LogP contribution in [0.3, 0.4) is 0 Å². The smallest absolute Gasteiger partial charge is 0.234 e. The van der Waals surface area contributed by atoms with Gasteiger partial charge in [-0.1, -0.05) is 63.2 Å². The summed E-state index contributed by atoms with van der Waals surface area (Å²) in [5.41, 5.74) is 4.64. The first-order chi connectivity index (χ1) is 18.2. The first-order valence-corrected chi connectivity index (χ1v) is 14.1. The number of aryl methyl sites for hydroxylation is 1. The van der Waals surface area contributed by atoms with Crippen LogP contribution in [0.5, 0.6) is 5.75 Å². The summed E-state index contributed by atoms with van der Waals surface area (Å²) >= 11 is 1.30. The lowest BCUT2D eigenvalue weighted by Gasteiger charge is -2.39. The van der Waals surface area contributed by atoms with Crippen LogP contribution in [0.1, 0.15) is 63.5 Å². The number of hydrogen-bond acceptors (Lipinski definition) is 6. The number of amides is 1. The average Bonchev–Trinajstić information content (AvgIpc) is 2.90. The third-order valence-electron chi connectivity index (χ3n) is 6.98. The van der Waals surface area contributed by atoms with E-state index < -0.39 is 5.92 Å². The molecule has 2 aliphatic rings. The van der Waals surface area contributed by atoms with Gasteiger partial charge in [-0.2, -0.15) is 5.26 Å². The highest BCUT2D eigenvalue weighted by Gasteiger charge is 2.42. The van der Waals surface area contributed by atoms with Crippen LogP contribution in [0.2, 0.25) is 0 Å². The molecule has 1 amide bonds. The van der Waals surface area contributed by atoms with Gasteiger partial charge >= 0.3 is 0 Å². The zero-order chi connectivity index (χ0) is 27.3. The lowest BCUT2D eigenvalue weighted by Crippen LogP contribution is -2.37. The van der Waals surface area contributed by atoms with Crippen molar-refractivity contribution in [2.45, 2.75) is 58.8 Å². The topological polar surface area (TPSA) is 91.2 Å². The van der Waals surface area contributed by atoms with E-state index in [2.05, 4.69) is 37.5 Å². The van der Waals surface area contributed by atoms with E-state index >= 15 is 0 Å². The van der Waals surface area contributed by atoms with Gasteiger partial charge in [-0.15, -0.1) is 0 Å². The first kappa shape index (κ1) is 27.5. The van der Waals surface area contributed by atoms with Gasteiger partial charge < -0.3 is 15.4 Å². The van der Waals surface area contributed by atoms with Crippen LogP contribution in [0.15, 0.2) is 70.4 Å². The zero-order valence-corrected chi connectivity index (χ0v) is 23.3. The van der Waals surface area contributed by atoms with Crippen molar-refractivity contribution in [1.82, 2.24) is 5.32 Å². The van der Waals surface area contributed by atoms with Crippen molar-refractivity contribution in [3.8, 4) is 11.8 Å².